The Balaban J connectivity index is 0.00000481. The monoisotopic (exact) mass is 747 g/mol. The van der Waals surface area contributed by atoms with Crippen molar-refractivity contribution in [2.24, 2.45) is 5.41 Å². The summed E-state index contributed by atoms with van der Waals surface area (Å²) in [7, 11) is 5.23. The van der Waals surface area contributed by atoms with Crippen LogP contribution in [0.25, 0.3) is 33.9 Å². The number of methoxy groups -OCH3 is 1. The fourth-order valence-corrected chi connectivity index (χ4v) is 7.87. The zero-order chi connectivity index (χ0) is 36.8. The third kappa shape index (κ3) is 8.61. The van der Waals surface area contributed by atoms with Crippen LogP contribution < -0.4 is 44.5 Å². The van der Waals surface area contributed by atoms with Crippen molar-refractivity contribution in [3.8, 4) is 22.8 Å². The number of fused-ring (bicyclic) bond motifs is 1. The van der Waals surface area contributed by atoms with E-state index in [0.717, 1.165) is 50.3 Å². The standard InChI is InChI=1S/C36H43F4N9O3.Na/c1-47(18-31(50)51)27-8-11-49(17-23(27)37)30-16-41-26(15-42-30)33-45-32-28(48(2)19-35(20-52-3)9-4-5-10-35)14-25(44-34(32)46-33)22-12-24(21-6-7-21)43-29(13-22)36(38,39)40;/h12-16,21,23,27H,4-11,17-20H2,1-3H3,(H,50,51)(H,44,45,46);/q;+1/p-1/t23-,27+;/m0./s1. The molecule has 0 bridgehead atoms. The fourth-order valence-electron chi connectivity index (χ4n) is 7.87. The molecule has 0 radical (unpaired) electrons. The second-order valence-electron chi connectivity index (χ2n) is 14.6. The third-order valence-corrected chi connectivity index (χ3v) is 10.6. The molecule has 5 heterocycles. The molecular weight excluding hydrogens is 705 g/mol. The number of hydrogen-bond acceptors (Lipinski definition) is 11. The molecule has 17 heteroatoms. The summed E-state index contributed by atoms with van der Waals surface area (Å²) in [6, 6.07) is 4.02. The maximum Gasteiger partial charge on any atom is 1.00 e. The average molecular weight is 748 g/mol. The van der Waals surface area contributed by atoms with Crippen molar-refractivity contribution in [3.05, 3.63) is 42.0 Å². The number of piperidine rings is 1. The third-order valence-electron chi connectivity index (χ3n) is 10.6. The number of halogens is 4. The smallest absolute Gasteiger partial charge is 0.549 e. The van der Waals surface area contributed by atoms with Gasteiger partial charge in [0, 0.05) is 62.4 Å². The van der Waals surface area contributed by atoms with E-state index in [4.69, 9.17) is 14.7 Å². The molecule has 0 spiro atoms. The van der Waals surface area contributed by atoms with Crippen molar-refractivity contribution in [2.75, 3.05) is 63.8 Å². The number of anilines is 2. The predicted octanol–water partition coefficient (Wildman–Crippen LogP) is 1.62. The number of aliphatic carboxylic acids is 1. The number of aromatic nitrogens is 6. The summed E-state index contributed by atoms with van der Waals surface area (Å²) >= 11 is 0. The van der Waals surface area contributed by atoms with Gasteiger partial charge in [-0.1, -0.05) is 12.8 Å². The molecule has 2 atom stereocenters. The van der Waals surface area contributed by atoms with Crippen LogP contribution in [0.4, 0.5) is 29.1 Å². The van der Waals surface area contributed by atoms with Crippen molar-refractivity contribution in [2.45, 2.75) is 69.3 Å². The van der Waals surface area contributed by atoms with Crippen LogP contribution in [0, 0.1) is 5.41 Å². The molecule has 7 rings (SSSR count). The molecule has 1 aliphatic heterocycles. The summed E-state index contributed by atoms with van der Waals surface area (Å²) in [6.07, 6.45) is 3.36. The summed E-state index contributed by atoms with van der Waals surface area (Å²) in [5, 5.41) is 11.0. The molecule has 1 saturated heterocycles. The van der Waals surface area contributed by atoms with Crippen molar-refractivity contribution in [1.82, 2.24) is 34.8 Å². The van der Waals surface area contributed by atoms with Gasteiger partial charge >= 0.3 is 35.7 Å². The number of hydrogen-bond donors (Lipinski definition) is 1. The van der Waals surface area contributed by atoms with E-state index in [9.17, 15) is 23.1 Å². The largest absolute Gasteiger partial charge is 1.00 e. The second kappa shape index (κ2) is 15.7. The van der Waals surface area contributed by atoms with Gasteiger partial charge in [0.25, 0.3) is 0 Å². The van der Waals surface area contributed by atoms with E-state index >= 15 is 4.39 Å². The van der Waals surface area contributed by atoms with Crippen LogP contribution in [-0.4, -0.2) is 107 Å². The van der Waals surface area contributed by atoms with E-state index < -0.39 is 30.1 Å². The van der Waals surface area contributed by atoms with Gasteiger partial charge < -0.3 is 29.4 Å². The molecule has 0 amide bonds. The predicted molar refractivity (Wildman–Crippen MR) is 184 cm³/mol. The first kappa shape index (κ1) is 39.3. The van der Waals surface area contributed by atoms with Crippen LogP contribution >= 0.6 is 0 Å². The number of rotatable bonds is 12. The molecular formula is C36H42F4N9NaO3. The van der Waals surface area contributed by atoms with E-state index in [-0.39, 0.29) is 54.0 Å². The van der Waals surface area contributed by atoms with Crippen LogP contribution in [0.3, 0.4) is 0 Å². The number of H-pyrrole nitrogens is 1. The Hall–Kier alpha value is -3.44. The average Bonchev–Trinajstić information content (AvgIpc) is 3.71. The van der Waals surface area contributed by atoms with E-state index in [1.807, 2.05) is 13.1 Å². The van der Waals surface area contributed by atoms with Crippen LogP contribution in [0.15, 0.2) is 30.6 Å². The molecule has 1 N–H and O–H groups in total. The Labute approximate surface area is 327 Å². The van der Waals surface area contributed by atoms with Gasteiger partial charge in [0.2, 0.25) is 0 Å². The maximum absolute atomic E-state index is 15.1. The minimum Gasteiger partial charge on any atom is -0.549 e. The SMILES string of the molecule is COCC1(CN(C)c2cc(-c3cc(C4CC4)nc(C(F)(F)F)c3)nc3nc(-c4cnc(N5CC[C@@H](N(C)CC(=O)[O-])[C@@H](F)C5)cn4)[nH]c23)CCCC1.[Na+]. The Kier molecular flexibility index (Phi) is 11.7. The van der Waals surface area contributed by atoms with Crippen LogP contribution in [0.1, 0.15) is 62.3 Å². The van der Waals surface area contributed by atoms with E-state index in [0.29, 0.717) is 71.6 Å². The van der Waals surface area contributed by atoms with Gasteiger partial charge in [-0.05, 0) is 57.4 Å². The molecule has 3 aliphatic rings. The Morgan fingerprint density at radius 3 is 2.43 bits per heavy atom. The van der Waals surface area contributed by atoms with E-state index in [2.05, 4.69) is 24.8 Å². The zero-order valence-corrected chi connectivity index (χ0v) is 32.4. The summed E-state index contributed by atoms with van der Waals surface area (Å²) in [5.74, 6) is -0.418. The molecule has 2 aliphatic carbocycles. The zero-order valence-electron chi connectivity index (χ0n) is 30.4. The number of aromatic amines is 1. The van der Waals surface area contributed by atoms with Gasteiger partial charge in [-0.2, -0.15) is 13.2 Å². The number of carboxylic acid groups (broad SMARTS) is 1. The Morgan fingerprint density at radius 2 is 1.81 bits per heavy atom. The first-order chi connectivity index (χ1) is 24.8. The minimum absolute atomic E-state index is 0. The summed E-state index contributed by atoms with van der Waals surface area (Å²) < 4.78 is 62.8. The normalized spacial score (nSPS) is 20.2. The summed E-state index contributed by atoms with van der Waals surface area (Å²) in [4.78, 5) is 42.3. The molecule has 3 fully saturated rings. The molecule has 278 valence electrons. The summed E-state index contributed by atoms with van der Waals surface area (Å²) in [5.41, 5.74) is 2.12. The first-order valence-electron chi connectivity index (χ1n) is 17.6. The number of ether oxygens (including phenoxy) is 1. The second-order valence-corrected chi connectivity index (χ2v) is 14.6. The Bertz CT molecular complexity index is 1920. The van der Waals surface area contributed by atoms with E-state index in [1.54, 1.807) is 25.1 Å². The number of carboxylic acids is 1. The molecule has 2 saturated carbocycles. The molecule has 0 unspecified atom stereocenters. The van der Waals surface area contributed by atoms with Gasteiger partial charge in [0.05, 0.1) is 42.9 Å². The maximum atomic E-state index is 15.1. The van der Waals surface area contributed by atoms with Gasteiger partial charge in [-0.15, -0.1) is 0 Å². The number of pyridine rings is 2. The number of nitrogens with one attached hydrogen (secondary N) is 1. The molecule has 4 aromatic rings. The minimum atomic E-state index is -4.61. The topological polar surface area (TPSA) is 139 Å². The van der Waals surface area contributed by atoms with Gasteiger partial charge in [0.15, 0.2) is 11.5 Å². The molecule has 0 aromatic carbocycles. The van der Waals surface area contributed by atoms with Gasteiger partial charge in [-0.25, -0.2) is 29.3 Å². The molecule has 53 heavy (non-hydrogen) atoms. The van der Waals surface area contributed by atoms with Gasteiger partial charge in [-0.3, -0.25) is 4.90 Å². The van der Waals surface area contributed by atoms with Crippen LogP contribution in [0.2, 0.25) is 0 Å². The quantitative estimate of drug-likeness (QED) is 0.167. The number of likely N-dealkylation sites (N-methyl/N-ethyl adjacent to an activating group) is 1. The van der Waals surface area contributed by atoms with E-state index in [1.165, 1.54) is 17.3 Å². The number of alkyl halides is 4. The first-order valence-corrected chi connectivity index (χ1v) is 17.6. The molecule has 4 aromatic heterocycles. The Morgan fingerprint density at radius 1 is 1.06 bits per heavy atom. The van der Waals surface area contributed by atoms with Crippen molar-refractivity contribution in [3.63, 3.8) is 0 Å². The summed E-state index contributed by atoms with van der Waals surface area (Å²) in [6.45, 7) is 1.39. The number of carbonyl (C=O) groups excluding carboxylic acids is 1. The van der Waals surface area contributed by atoms with Crippen molar-refractivity contribution >= 4 is 28.6 Å². The number of imidazole rings is 1. The number of nitrogens with zero attached hydrogens (tertiary/aromatic N) is 8. The van der Waals surface area contributed by atoms with Gasteiger partial charge in [0.1, 0.15) is 28.9 Å². The molecule has 12 nitrogen and oxygen atoms in total. The van der Waals surface area contributed by atoms with Crippen LogP contribution in [0.5, 0.6) is 0 Å². The fraction of sp³-hybridized carbons (Fsp3) is 0.556. The number of carbonyl (C=O) groups is 1. The van der Waals surface area contributed by atoms with Crippen molar-refractivity contribution < 1.29 is 61.8 Å². The van der Waals surface area contributed by atoms with Crippen LogP contribution in [-0.2, 0) is 15.7 Å². The van der Waals surface area contributed by atoms with Crippen molar-refractivity contribution in [1.29, 1.82) is 0 Å².